The lowest BCUT2D eigenvalue weighted by Gasteiger charge is -2.24. The van der Waals surface area contributed by atoms with Crippen LogP contribution in [-0.4, -0.2) is 217 Å². The molecule has 0 saturated carbocycles. The summed E-state index contributed by atoms with van der Waals surface area (Å²) in [7, 11) is 3.90. The summed E-state index contributed by atoms with van der Waals surface area (Å²) < 4.78 is 68.3. The number of hydrogen-bond acceptors (Lipinski definition) is 28. The molecule has 0 aliphatic carbocycles. The van der Waals surface area contributed by atoms with Crippen LogP contribution in [0.4, 0.5) is 30.6 Å². The van der Waals surface area contributed by atoms with Crippen molar-refractivity contribution in [1.82, 2.24) is 89.5 Å². The fourth-order valence-corrected chi connectivity index (χ4v) is 15.0. The number of aromatic hydroxyl groups is 1. The van der Waals surface area contributed by atoms with Gasteiger partial charge in [-0.15, -0.1) is 6.58 Å². The number of alkyl halides is 3. The molecule has 1 aliphatic rings. The number of imidazole rings is 3. The Kier molecular flexibility index (Phi) is 40.7. The number of anilines is 3. The summed E-state index contributed by atoms with van der Waals surface area (Å²) in [6, 6.07) is 24.1. The number of rotatable bonds is 36. The summed E-state index contributed by atoms with van der Waals surface area (Å²) in [5, 5.41) is 59.6. The van der Waals surface area contributed by atoms with Crippen LogP contribution in [-0.2, 0) is 95.9 Å². The number of amides is 6. The van der Waals surface area contributed by atoms with Gasteiger partial charge < -0.3 is 102 Å². The molecule has 3 aromatic carbocycles. The normalized spacial score (nSPS) is 12.3. The Morgan fingerprint density at radius 3 is 1.32 bits per heavy atom. The van der Waals surface area contributed by atoms with Crippen molar-refractivity contribution in [3.8, 4) is 23.0 Å². The summed E-state index contributed by atoms with van der Waals surface area (Å²) in [6.45, 7) is 27.9. The van der Waals surface area contributed by atoms with Crippen molar-refractivity contribution in [2.75, 3.05) is 90.5 Å². The molecule has 1 aliphatic heterocycles. The van der Waals surface area contributed by atoms with Crippen LogP contribution in [0.25, 0.3) is 33.1 Å². The number of carbonyl (C=O) groups is 7. The second kappa shape index (κ2) is 51.3. The fraction of sp³-hybridized carbons (Fsp3) is 0.422. The molecule has 40 nitrogen and oxygen atoms in total. The van der Waals surface area contributed by atoms with Crippen LogP contribution >= 0.6 is 34.8 Å². The number of likely N-dealkylation sites (N-methyl/N-ethyl adjacent to an activating group) is 1. The molecule has 732 valence electrons. The molecule has 8 aromatic heterocycles. The predicted octanol–water partition coefficient (Wildman–Crippen LogP) is 5.02. The Morgan fingerprint density at radius 2 is 0.949 bits per heavy atom. The summed E-state index contributed by atoms with van der Waals surface area (Å²) in [5.41, 5.74) is 26.7. The number of carbonyl (C=O) groups excluding carboxylic acids is 7. The highest BCUT2D eigenvalue weighted by Gasteiger charge is 2.33. The number of hydrogen-bond donors (Lipinski definition) is 10. The van der Waals surface area contributed by atoms with Crippen molar-refractivity contribution in [1.29, 1.82) is 0 Å². The summed E-state index contributed by atoms with van der Waals surface area (Å²) in [5.74, 6) is 0.337. The zero-order chi connectivity index (χ0) is 99.9. The van der Waals surface area contributed by atoms with Gasteiger partial charge in [0.25, 0.3) is 52.9 Å². The molecule has 13 N–H and O–H groups in total. The van der Waals surface area contributed by atoms with Gasteiger partial charge in [0.15, 0.2) is 87.5 Å². The van der Waals surface area contributed by atoms with Crippen molar-refractivity contribution in [2.45, 2.75) is 172 Å². The molecule has 0 spiro atoms. The van der Waals surface area contributed by atoms with Crippen LogP contribution < -0.4 is 76.6 Å². The number of ether oxygens (including phenoxy) is 4. The molecule has 6 amide bonds. The van der Waals surface area contributed by atoms with Gasteiger partial charge in [-0.2, -0.15) is 13.2 Å². The summed E-state index contributed by atoms with van der Waals surface area (Å²) in [4.78, 5) is 123. The molecule has 12 rings (SSSR count). The van der Waals surface area contributed by atoms with Crippen molar-refractivity contribution in [2.24, 2.45) is 5.92 Å². The van der Waals surface area contributed by atoms with Crippen molar-refractivity contribution in [3.05, 3.63) is 188 Å². The number of nitrogens with zero attached hydrogens (tertiary/aromatic N) is 17. The second-order valence-corrected chi connectivity index (χ2v) is 32.5. The number of carboxylic acid groups (broad SMARTS) is 1. The molecule has 11 aromatic rings. The average Bonchev–Trinajstić information content (AvgIpc) is 1.62. The van der Waals surface area contributed by atoms with Gasteiger partial charge >= 0.3 is 6.18 Å². The highest BCUT2D eigenvalue weighted by atomic mass is 35.5. The maximum Gasteiger partial charge on any atom is 0.401 e. The van der Waals surface area contributed by atoms with Crippen LogP contribution in [0.1, 0.15) is 139 Å². The number of halogens is 6. The molecule has 0 bridgehead atoms. The van der Waals surface area contributed by atoms with E-state index in [0.29, 0.717) is 87.0 Å². The Bertz CT molecular complexity index is 6020. The van der Waals surface area contributed by atoms with Gasteiger partial charge in [-0.05, 0) is 162 Å². The Balaban J connectivity index is 0.000000240. The number of aliphatic hydroxyl groups is 2. The summed E-state index contributed by atoms with van der Waals surface area (Å²) in [6.07, 6.45) is -0.503. The van der Waals surface area contributed by atoms with E-state index in [2.05, 4.69) is 90.6 Å². The largest absolute Gasteiger partial charge is 0.870 e. The van der Waals surface area contributed by atoms with Gasteiger partial charge in [0.1, 0.15) is 63.8 Å². The SMILES string of the molecule is C=C([O-])C(F)(F)F.CCn1c(CNC(=O)c2nc(Cl)cnc2N)[n+](CC)c2ccc(OCC(=O)N(Cc3nc(C)ccc3O)C[C@H](C)O)cc21.CCn1c(CNC(=O)c2nc(Cl)cnc2N)[n+](CC)c2ccc(OCC(=O)NCCN(C)C)cc21.CCn1c(CNC(=O)c2nc(Cl)cnc2N)[n+](CC2CCOCC2)c2ccc(OCC(=O)N(Cc3nc(C)ccc3C)C[C@H](C)O)cc21.O=C[O-]. The minimum Gasteiger partial charge on any atom is -0.870 e. The molecule has 0 radical (unpaired) electrons. The van der Waals surface area contributed by atoms with Gasteiger partial charge in [-0.25, -0.2) is 57.3 Å². The number of nitrogens with two attached hydrogens (primary N) is 3. The maximum absolute atomic E-state index is 13.4. The molecule has 1 saturated heterocycles. The van der Waals surface area contributed by atoms with Crippen LogP contribution in [0.15, 0.2) is 110 Å². The monoisotopic (exact) mass is 1950 g/mol. The van der Waals surface area contributed by atoms with Crippen LogP contribution in [0.2, 0.25) is 15.5 Å². The van der Waals surface area contributed by atoms with Gasteiger partial charge in [-0.3, -0.25) is 38.7 Å². The number of nitrogens with one attached hydrogen (secondary N) is 4. The highest BCUT2D eigenvalue weighted by molar-refractivity contribution is 6.30. The van der Waals surface area contributed by atoms with E-state index in [1.807, 2.05) is 133 Å². The minimum absolute atomic E-state index is 0.00310. The van der Waals surface area contributed by atoms with E-state index >= 15 is 0 Å². The smallest absolute Gasteiger partial charge is 0.401 e. The number of aromatic nitrogens is 14. The molecule has 136 heavy (non-hydrogen) atoms. The second-order valence-electron chi connectivity index (χ2n) is 31.3. The third kappa shape index (κ3) is 30.3. The zero-order valence-electron chi connectivity index (χ0n) is 77.6. The van der Waals surface area contributed by atoms with Gasteiger partial charge in [0.2, 0.25) is 0 Å². The maximum atomic E-state index is 13.4. The van der Waals surface area contributed by atoms with Gasteiger partial charge in [0.05, 0.1) is 88.9 Å². The first-order chi connectivity index (χ1) is 64.6. The van der Waals surface area contributed by atoms with E-state index in [-0.39, 0.29) is 139 Å². The third-order valence-electron chi connectivity index (χ3n) is 21.1. The van der Waals surface area contributed by atoms with Gasteiger partial charge in [0, 0.05) is 81.4 Å². The van der Waals surface area contributed by atoms with E-state index in [1.54, 1.807) is 37.8 Å². The lowest BCUT2D eigenvalue weighted by Crippen LogP contribution is -2.44. The number of fused-ring (bicyclic) bond motifs is 3. The Hall–Kier alpha value is -13.5. The highest BCUT2D eigenvalue weighted by Crippen LogP contribution is 2.29. The number of benzene rings is 3. The number of allylic oxidation sites excluding steroid dienone is 1. The van der Waals surface area contributed by atoms with Crippen molar-refractivity contribution >= 4 is 127 Å². The van der Waals surface area contributed by atoms with Crippen molar-refractivity contribution in [3.63, 3.8) is 0 Å². The zero-order valence-corrected chi connectivity index (χ0v) is 79.8. The van der Waals surface area contributed by atoms with Crippen LogP contribution in [0.3, 0.4) is 0 Å². The first-order valence-corrected chi connectivity index (χ1v) is 44.5. The molecular formula is C90H115Cl3F3N24O16+. The molecule has 0 unspecified atom stereocenters. The molecule has 46 heteroatoms. The fourth-order valence-electron chi connectivity index (χ4n) is 14.6. The first kappa shape index (κ1) is 108. The standard InChI is InChI=1S/C34H43ClN8O5.C29H35ClN8O5.C23H31ClN8O3.C3H3F3O.CH2O2/c1-5-42-28-14-25(48-20-31(45)41(17-23(4)44)19-26-21(2)6-7-22(3)39-26)8-9-27(28)43(18-24-10-12-47-13-11-24)30(42)16-38-34(46)32-33(36)37-15-29(35)40-32;1-5-37-21-9-8-19(43-16-26(41)36(14-18(4)39)15-20-23(40)10-7-17(3)34-20)11-22(21)38(6-2)25(37)13-33-29(42)27-28(31)32-12-24(30)35-27;1-5-31-16-8-7-15(35-14-19(33)26-9-10-30(3)4)11-17(16)32(6-2)20(31)13-28-23(34)21-22(25)27-12-18(24)29-21;1-2(7)3(4,5)6;2-1-3/h6-9,14-15,23-24,44H,5,10-13,16-20H2,1-4H3,(H2-,36,37,38,46);7-12,18,39H,5-6,13-16H2,1-4H3,(H3-,31,32,33,40,42);7-8,11-12H,5-6,9-10,13-14H2,1-4H3,(H3-,25,26,27,28,33,34);7H,1H2;1H,(H,2,3)/p+1/t23-;18-;;;/m00.../s1. The minimum atomic E-state index is -4.75. The van der Waals surface area contributed by atoms with E-state index in [0.717, 1.165) is 93.5 Å². The topological polar surface area (TPSA) is 529 Å². The van der Waals surface area contributed by atoms with E-state index in [1.165, 1.54) is 29.6 Å². The van der Waals surface area contributed by atoms with E-state index in [4.69, 9.17) is 80.9 Å². The third-order valence-corrected chi connectivity index (χ3v) is 21.6. The summed E-state index contributed by atoms with van der Waals surface area (Å²) >= 11 is 17.7. The molecule has 2 atom stereocenters. The lowest BCUT2D eigenvalue weighted by molar-refractivity contribution is -0.687. The number of aryl methyl sites for hydroxylation is 8. The van der Waals surface area contributed by atoms with Crippen LogP contribution in [0, 0.1) is 26.7 Å². The number of pyridine rings is 2. The molecular weight excluding hydrogens is 1840 g/mol. The van der Waals surface area contributed by atoms with Gasteiger partial charge in [-0.1, -0.05) is 40.9 Å². The number of aliphatic hydroxyl groups excluding tert-OH is 2. The quantitative estimate of drug-likeness (QED) is 0.0140. The predicted molar refractivity (Wildman–Crippen MR) is 494 cm³/mol. The number of nitrogen functional groups attached to an aromatic ring is 3. The average molecular weight is 1950 g/mol. The van der Waals surface area contributed by atoms with Crippen LogP contribution in [0.5, 0.6) is 23.0 Å². The van der Waals surface area contributed by atoms with Crippen molar-refractivity contribution < 1.29 is 105 Å². The van der Waals surface area contributed by atoms with E-state index in [9.17, 15) is 62.4 Å². The Morgan fingerprint density at radius 1 is 0.588 bits per heavy atom. The van der Waals surface area contributed by atoms with E-state index < -0.39 is 48.3 Å². The molecule has 9 heterocycles. The lowest BCUT2D eigenvalue weighted by atomic mass is 10.0. The molecule has 1 fully saturated rings. The Labute approximate surface area is 797 Å². The first-order valence-electron chi connectivity index (χ1n) is 43.4.